The van der Waals surface area contributed by atoms with Crippen molar-refractivity contribution in [1.29, 1.82) is 0 Å². The van der Waals surface area contributed by atoms with Gasteiger partial charge in [-0.05, 0) is 32.7 Å². The van der Waals surface area contributed by atoms with Crippen molar-refractivity contribution >= 4 is 5.91 Å². The number of carbonyl (C=O) groups excluding carboxylic acids is 1. The Labute approximate surface area is 103 Å². The molecule has 1 rings (SSSR count). The summed E-state index contributed by atoms with van der Waals surface area (Å²) in [5, 5.41) is 11.6. The van der Waals surface area contributed by atoms with E-state index in [2.05, 4.69) is 5.32 Å². The van der Waals surface area contributed by atoms with Gasteiger partial charge in [-0.15, -0.1) is 0 Å². The number of hydrogen-bond donors (Lipinski definition) is 2. The molecule has 1 saturated carbocycles. The predicted molar refractivity (Wildman–Crippen MR) is 65.8 cm³/mol. The summed E-state index contributed by atoms with van der Waals surface area (Å²) in [7, 11) is 0. The Balaban J connectivity index is 1.96. The van der Waals surface area contributed by atoms with Gasteiger partial charge in [-0.1, -0.05) is 0 Å². The quantitative estimate of drug-likeness (QED) is 0.530. The van der Waals surface area contributed by atoms with Gasteiger partial charge in [0.15, 0.2) is 0 Å². The lowest BCUT2D eigenvalue weighted by Gasteiger charge is -2.20. The van der Waals surface area contributed by atoms with E-state index in [9.17, 15) is 4.79 Å². The molecule has 0 aliphatic heterocycles. The fraction of sp³-hybridized carbons (Fsp3) is 0.917. The van der Waals surface area contributed by atoms with Crippen molar-refractivity contribution in [2.24, 2.45) is 0 Å². The molecule has 0 aromatic rings. The molecule has 1 aliphatic carbocycles. The summed E-state index contributed by atoms with van der Waals surface area (Å²) in [6.07, 6.45) is 3.19. The average molecular weight is 244 g/mol. The van der Waals surface area contributed by atoms with Gasteiger partial charge in [-0.25, -0.2) is 0 Å². The molecule has 0 radical (unpaired) electrons. The molecule has 17 heavy (non-hydrogen) atoms. The Bertz CT molecular complexity index is 220. The molecule has 1 aliphatic rings. The third-order valence-electron chi connectivity index (χ3n) is 2.80. The average Bonchev–Trinajstić information content (AvgIpc) is 3.13. The van der Waals surface area contributed by atoms with E-state index >= 15 is 0 Å². The number of aliphatic hydroxyl groups is 1. The second-order valence-electron chi connectivity index (χ2n) is 4.28. The van der Waals surface area contributed by atoms with E-state index in [4.69, 9.17) is 9.84 Å². The predicted octanol–water partition coefficient (Wildman–Crippen LogP) is -0.0141. The lowest BCUT2D eigenvalue weighted by atomic mass is 10.4. The van der Waals surface area contributed by atoms with Crippen LogP contribution in [0.3, 0.4) is 0 Å². The van der Waals surface area contributed by atoms with Crippen molar-refractivity contribution in [3.8, 4) is 0 Å². The van der Waals surface area contributed by atoms with Crippen molar-refractivity contribution in [2.45, 2.75) is 32.2 Å². The van der Waals surface area contributed by atoms with E-state index in [0.717, 1.165) is 32.4 Å². The van der Waals surface area contributed by atoms with Crippen LogP contribution in [-0.4, -0.2) is 61.4 Å². The van der Waals surface area contributed by atoms with Crippen LogP contribution in [0.1, 0.15) is 26.2 Å². The molecule has 0 spiro atoms. The first-order valence-electron chi connectivity index (χ1n) is 6.48. The van der Waals surface area contributed by atoms with E-state index in [1.807, 2.05) is 11.8 Å². The van der Waals surface area contributed by atoms with Crippen LogP contribution in [0.15, 0.2) is 0 Å². The van der Waals surface area contributed by atoms with Crippen molar-refractivity contribution in [1.82, 2.24) is 10.2 Å². The summed E-state index contributed by atoms with van der Waals surface area (Å²) in [6.45, 7) is 5.12. The third kappa shape index (κ3) is 6.00. The molecule has 5 heteroatoms. The molecule has 0 aromatic heterocycles. The van der Waals surface area contributed by atoms with Crippen molar-refractivity contribution in [2.75, 3.05) is 39.5 Å². The number of ether oxygens (including phenoxy) is 1. The first-order chi connectivity index (χ1) is 8.29. The zero-order valence-electron chi connectivity index (χ0n) is 10.7. The van der Waals surface area contributed by atoms with E-state index < -0.39 is 0 Å². The lowest BCUT2D eigenvalue weighted by Crippen LogP contribution is -2.39. The molecule has 0 atom stereocenters. The zero-order chi connectivity index (χ0) is 12.5. The number of hydrogen-bond acceptors (Lipinski definition) is 4. The van der Waals surface area contributed by atoms with Gasteiger partial charge in [0.1, 0.15) is 0 Å². The Morgan fingerprint density at radius 2 is 2.24 bits per heavy atom. The van der Waals surface area contributed by atoms with Crippen LogP contribution in [0.5, 0.6) is 0 Å². The maximum absolute atomic E-state index is 11.8. The zero-order valence-corrected chi connectivity index (χ0v) is 10.7. The highest BCUT2D eigenvalue weighted by atomic mass is 16.5. The second-order valence-corrected chi connectivity index (χ2v) is 4.28. The van der Waals surface area contributed by atoms with Crippen LogP contribution in [-0.2, 0) is 9.53 Å². The maximum Gasteiger partial charge on any atom is 0.236 e. The summed E-state index contributed by atoms with van der Waals surface area (Å²) in [5.74, 6) is 0.200. The topological polar surface area (TPSA) is 61.8 Å². The van der Waals surface area contributed by atoms with Crippen LogP contribution in [0.2, 0.25) is 0 Å². The maximum atomic E-state index is 11.8. The minimum atomic E-state index is 0.0682. The minimum absolute atomic E-state index is 0.0682. The number of nitrogens with zero attached hydrogens (tertiary/aromatic N) is 1. The first kappa shape index (κ1) is 14.4. The van der Waals surface area contributed by atoms with Crippen molar-refractivity contribution in [3.63, 3.8) is 0 Å². The highest BCUT2D eigenvalue weighted by molar-refractivity contribution is 5.78. The van der Waals surface area contributed by atoms with Gasteiger partial charge >= 0.3 is 0 Å². The highest BCUT2D eigenvalue weighted by Crippen LogP contribution is 2.26. The van der Waals surface area contributed by atoms with Gasteiger partial charge in [0, 0.05) is 19.2 Å². The molecule has 2 N–H and O–H groups in total. The van der Waals surface area contributed by atoms with Crippen LogP contribution < -0.4 is 5.32 Å². The van der Waals surface area contributed by atoms with Crippen LogP contribution in [0, 0.1) is 0 Å². The molecular weight excluding hydrogens is 220 g/mol. The number of nitrogens with one attached hydrogen (secondary N) is 1. The molecule has 0 aromatic carbocycles. The minimum Gasteiger partial charge on any atom is -0.394 e. The smallest absolute Gasteiger partial charge is 0.236 e. The molecule has 0 saturated heterocycles. The number of amides is 1. The Morgan fingerprint density at radius 1 is 1.47 bits per heavy atom. The molecule has 0 unspecified atom stereocenters. The molecule has 0 heterocycles. The fourth-order valence-corrected chi connectivity index (χ4v) is 1.79. The number of rotatable bonds is 10. The van der Waals surface area contributed by atoms with Crippen LogP contribution >= 0.6 is 0 Å². The normalized spacial score (nSPS) is 14.9. The largest absolute Gasteiger partial charge is 0.394 e. The SMILES string of the molecule is CCN(C(=O)CNCCCOCCO)C1CC1. The molecule has 1 fully saturated rings. The molecule has 100 valence electrons. The van der Waals surface area contributed by atoms with Gasteiger partial charge in [-0.3, -0.25) is 4.79 Å². The summed E-state index contributed by atoms with van der Waals surface area (Å²) in [5.41, 5.74) is 0. The van der Waals surface area contributed by atoms with Gasteiger partial charge < -0.3 is 20.1 Å². The molecule has 5 nitrogen and oxygen atoms in total. The summed E-state index contributed by atoms with van der Waals surface area (Å²) in [6, 6.07) is 0.502. The summed E-state index contributed by atoms with van der Waals surface area (Å²) < 4.78 is 5.12. The standard InChI is InChI=1S/C12H24N2O3/c1-2-14(11-4-5-11)12(16)10-13-6-3-8-17-9-7-15/h11,13,15H,2-10H2,1H3. The van der Waals surface area contributed by atoms with E-state index in [0.29, 0.717) is 25.8 Å². The van der Waals surface area contributed by atoms with E-state index in [-0.39, 0.29) is 12.5 Å². The highest BCUT2D eigenvalue weighted by Gasteiger charge is 2.30. The second kappa shape index (κ2) is 8.44. The number of likely N-dealkylation sites (N-methyl/N-ethyl adjacent to an activating group) is 1. The fourth-order valence-electron chi connectivity index (χ4n) is 1.79. The van der Waals surface area contributed by atoms with Crippen molar-refractivity contribution in [3.05, 3.63) is 0 Å². The third-order valence-corrected chi connectivity index (χ3v) is 2.80. The van der Waals surface area contributed by atoms with Gasteiger partial charge in [0.2, 0.25) is 5.91 Å². The van der Waals surface area contributed by atoms with E-state index in [1.165, 1.54) is 0 Å². The molecule has 1 amide bonds. The Kier molecular flexibility index (Phi) is 7.16. The first-order valence-corrected chi connectivity index (χ1v) is 6.48. The Hall–Kier alpha value is -0.650. The van der Waals surface area contributed by atoms with Crippen LogP contribution in [0.25, 0.3) is 0 Å². The monoisotopic (exact) mass is 244 g/mol. The summed E-state index contributed by atoms with van der Waals surface area (Å²) in [4.78, 5) is 13.7. The number of carbonyl (C=O) groups is 1. The van der Waals surface area contributed by atoms with Crippen LogP contribution in [0.4, 0.5) is 0 Å². The molecule has 0 bridgehead atoms. The van der Waals surface area contributed by atoms with Gasteiger partial charge in [-0.2, -0.15) is 0 Å². The lowest BCUT2D eigenvalue weighted by molar-refractivity contribution is -0.130. The Morgan fingerprint density at radius 3 is 2.82 bits per heavy atom. The van der Waals surface area contributed by atoms with Crippen molar-refractivity contribution < 1.29 is 14.6 Å². The van der Waals surface area contributed by atoms with Gasteiger partial charge in [0.05, 0.1) is 19.8 Å². The van der Waals surface area contributed by atoms with Gasteiger partial charge in [0.25, 0.3) is 0 Å². The summed E-state index contributed by atoms with van der Waals surface area (Å²) >= 11 is 0. The molecular formula is C12H24N2O3. The van der Waals surface area contributed by atoms with E-state index in [1.54, 1.807) is 0 Å². The number of aliphatic hydroxyl groups excluding tert-OH is 1.